The van der Waals surface area contributed by atoms with Crippen LogP contribution in [0.3, 0.4) is 0 Å². The van der Waals surface area contributed by atoms with Gasteiger partial charge in [0, 0.05) is 25.7 Å². The van der Waals surface area contributed by atoms with Crippen LogP contribution in [-0.4, -0.2) is 21.6 Å². The third-order valence-corrected chi connectivity index (χ3v) is 8.08. The van der Waals surface area contributed by atoms with Crippen LogP contribution in [-0.2, 0) is 17.4 Å². The first-order chi connectivity index (χ1) is 21.8. The van der Waals surface area contributed by atoms with Crippen molar-refractivity contribution in [2.45, 2.75) is 12.5 Å². The average molecular weight is 604 g/mol. The second-order valence-electron chi connectivity index (χ2n) is 11.0. The van der Waals surface area contributed by atoms with Crippen LogP contribution in [0, 0.1) is 17.6 Å². The third kappa shape index (κ3) is 5.45. The highest BCUT2D eigenvalue weighted by atomic mass is 19.1. The molecule has 6 rings (SSSR count). The van der Waals surface area contributed by atoms with Crippen molar-refractivity contribution in [3.63, 3.8) is 0 Å². The maximum Gasteiger partial charge on any atom is 0.333 e. The van der Waals surface area contributed by atoms with Crippen molar-refractivity contribution in [3.8, 4) is 11.4 Å². The number of benzene rings is 5. The minimum Gasteiger partial charge on any atom is -0.424 e. The molecule has 0 aliphatic heterocycles. The van der Waals surface area contributed by atoms with Gasteiger partial charge in [0.05, 0.1) is 22.7 Å². The van der Waals surface area contributed by atoms with E-state index in [-0.39, 0.29) is 29.0 Å². The highest BCUT2D eigenvalue weighted by molar-refractivity contribution is 5.81. The highest BCUT2D eigenvalue weighted by Gasteiger charge is 2.37. The molecule has 1 atom stereocenters. The molecular weight excluding hydrogens is 572 g/mol. The number of ether oxygens (including phenoxy) is 1. The van der Waals surface area contributed by atoms with E-state index in [1.165, 1.54) is 7.05 Å². The van der Waals surface area contributed by atoms with Crippen molar-refractivity contribution in [3.05, 3.63) is 166 Å². The van der Waals surface area contributed by atoms with Crippen LogP contribution < -0.4 is 15.7 Å². The Morgan fingerprint density at radius 3 is 1.87 bits per heavy atom. The number of nitrogens with zero attached hydrogens (tertiary/aromatic N) is 2. The average Bonchev–Trinajstić information content (AvgIpc) is 3.32. The van der Waals surface area contributed by atoms with Gasteiger partial charge < -0.3 is 4.74 Å². The monoisotopic (exact) mass is 603 g/mol. The van der Waals surface area contributed by atoms with Gasteiger partial charge in [-0.3, -0.25) is 19.2 Å². The molecular formula is C37H31F2N3O3. The van der Waals surface area contributed by atoms with Gasteiger partial charge in [0.25, 0.3) is 0 Å². The minimum absolute atomic E-state index is 0.0770. The van der Waals surface area contributed by atoms with Crippen molar-refractivity contribution in [1.29, 1.82) is 0 Å². The third-order valence-electron chi connectivity index (χ3n) is 8.08. The number of aromatic nitrogens is 2. The van der Waals surface area contributed by atoms with Gasteiger partial charge in [0.1, 0.15) is 11.3 Å². The lowest BCUT2D eigenvalue weighted by molar-refractivity contribution is -0.138. The molecule has 0 bridgehead atoms. The Kier molecular flexibility index (Phi) is 8.15. The standard InChI is InChI=1S/C37H31F2N3O3/c1-25(24-40-37(26-14-6-3-7-15-26,27-16-8-4-9-17-27)28-18-10-5-11-19-28)35(43)45-33-21-13-12-20-31(33)42-34-30(39)22-29(38)23-32(34)41(2)36(42)44/h3-23,25,40H,24H2,1-2H3/t25-/m0/s1. The summed E-state index contributed by atoms with van der Waals surface area (Å²) in [5.74, 6) is -2.80. The maximum atomic E-state index is 15.0. The summed E-state index contributed by atoms with van der Waals surface area (Å²) >= 11 is 0. The van der Waals surface area contributed by atoms with E-state index in [4.69, 9.17) is 4.74 Å². The van der Waals surface area contributed by atoms with Gasteiger partial charge in [-0.15, -0.1) is 0 Å². The molecule has 0 aliphatic rings. The lowest BCUT2D eigenvalue weighted by Gasteiger charge is -2.37. The number of esters is 1. The summed E-state index contributed by atoms with van der Waals surface area (Å²) in [6, 6.07) is 38.4. The molecule has 5 aromatic carbocycles. The predicted octanol–water partition coefficient (Wildman–Crippen LogP) is 6.73. The Morgan fingerprint density at radius 1 is 0.800 bits per heavy atom. The molecule has 0 spiro atoms. The summed E-state index contributed by atoms with van der Waals surface area (Å²) < 4.78 is 37.1. The van der Waals surface area contributed by atoms with E-state index in [1.807, 2.05) is 54.6 Å². The normalized spacial score (nSPS) is 12.3. The molecule has 0 saturated carbocycles. The molecule has 226 valence electrons. The summed E-state index contributed by atoms with van der Waals surface area (Å²) in [5.41, 5.74) is 1.76. The van der Waals surface area contributed by atoms with Crippen LogP contribution >= 0.6 is 0 Å². The van der Waals surface area contributed by atoms with Gasteiger partial charge in [-0.2, -0.15) is 0 Å². The largest absolute Gasteiger partial charge is 0.424 e. The van der Waals surface area contributed by atoms with Crippen LogP contribution in [0.25, 0.3) is 16.7 Å². The van der Waals surface area contributed by atoms with E-state index in [0.29, 0.717) is 0 Å². The van der Waals surface area contributed by atoms with E-state index in [0.717, 1.165) is 38.0 Å². The Bertz CT molecular complexity index is 1930. The van der Waals surface area contributed by atoms with E-state index in [9.17, 15) is 14.0 Å². The summed E-state index contributed by atoms with van der Waals surface area (Å²) in [4.78, 5) is 26.8. The molecule has 0 aliphatic carbocycles. The van der Waals surface area contributed by atoms with Gasteiger partial charge in [-0.05, 0) is 28.8 Å². The number of imidazole rings is 1. The molecule has 0 amide bonds. The number of carbonyl (C=O) groups is 1. The van der Waals surface area contributed by atoms with Gasteiger partial charge >= 0.3 is 11.7 Å². The highest BCUT2D eigenvalue weighted by Crippen LogP contribution is 2.37. The van der Waals surface area contributed by atoms with E-state index in [2.05, 4.69) is 41.7 Å². The molecule has 6 aromatic rings. The number of hydrogen-bond acceptors (Lipinski definition) is 4. The van der Waals surface area contributed by atoms with Crippen LogP contribution in [0.5, 0.6) is 5.75 Å². The summed E-state index contributed by atoms with van der Waals surface area (Å²) in [5, 5.41) is 3.70. The number of aryl methyl sites for hydroxylation is 1. The maximum absolute atomic E-state index is 15.0. The number of rotatable bonds is 9. The fourth-order valence-electron chi connectivity index (χ4n) is 5.80. The van der Waals surface area contributed by atoms with Crippen LogP contribution in [0.2, 0.25) is 0 Å². The lowest BCUT2D eigenvalue weighted by Crippen LogP contribution is -2.47. The second-order valence-corrected chi connectivity index (χ2v) is 11.0. The predicted molar refractivity (Wildman–Crippen MR) is 170 cm³/mol. The van der Waals surface area contributed by atoms with Gasteiger partial charge in [-0.1, -0.05) is 110 Å². The van der Waals surface area contributed by atoms with Gasteiger partial charge in [0.15, 0.2) is 11.6 Å². The number of nitrogens with one attached hydrogen (secondary N) is 1. The second kappa shape index (κ2) is 12.3. The first-order valence-corrected chi connectivity index (χ1v) is 14.6. The Morgan fingerprint density at radius 2 is 1.31 bits per heavy atom. The molecule has 1 aromatic heterocycles. The molecule has 1 N–H and O–H groups in total. The molecule has 1 heterocycles. The number of halogens is 2. The summed E-state index contributed by atoms with van der Waals surface area (Å²) in [6.07, 6.45) is 0. The number of carbonyl (C=O) groups excluding carboxylic acids is 1. The zero-order valence-corrected chi connectivity index (χ0v) is 24.8. The fraction of sp³-hybridized carbons (Fsp3) is 0.135. The Hall–Kier alpha value is -5.34. The molecule has 0 unspecified atom stereocenters. The zero-order chi connectivity index (χ0) is 31.6. The molecule has 0 radical (unpaired) electrons. The minimum atomic E-state index is -0.902. The van der Waals surface area contributed by atoms with Gasteiger partial charge in [-0.25, -0.2) is 13.6 Å². The number of para-hydroxylation sites is 2. The number of hydrogen-bond donors (Lipinski definition) is 1. The van der Waals surface area contributed by atoms with Gasteiger partial charge in [0.2, 0.25) is 0 Å². The molecule has 6 nitrogen and oxygen atoms in total. The van der Waals surface area contributed by atoms with Crippen molar-refractivity contribution in [1.82, 2.24) is 14.5 Å². The SMILES string of the molecule is C[C@@H](CNC(c1ccccc1)(c1ccccc1)c1ccccc1)C(=O)Oc1ccccc1-n1c(=O)n(C)c2cc(F)cc(F)c21. The molecule has 8 heteroatoms. The smallest absolute Gasteiger partial charge is 0.333 e. The van der Waals surface area contributed by atoms with Crippen LogP contribution in [0.15, 0.2) is 132 Å². The summed E-state index contributed by atoms with van der Waals surface area (Å²) in [7, 11) is 1.43. The first-order valence-electron chi connectivity index (χ1n) is 14.6. The Balaban J connectivity index is 1.34. The van der Waals surface area contributed by atoms with Crippen molar-refractivity contribution in [2.24, 2.45) is 13.0 Å². The van der Waals surface area contributed by atoms with Crippen molar-refractivity contribution < 1.29 is 18.3 Å². The van der Waals surface area contributed by atoms with Crippen LogP contribution in [0.1, 0.15) is 23.6 Å². The molecule has 45 heavy (non-hydrogen) atoms. The zero-order valence-electron chi connectivity index (χ0n) is 24.8. The summed E-state index contributed by atoms with van der Waals surface area (Å²) in [6.45, 7) is 2.00. The Labute approximate surface area is 259 Å². The van der Waals surface area contributed by atoms with E-state index < -0.39 is 34.8 Å². The lowest BCUT2D eigenvalue weighted by atomic mass is 9.76. The molecule has 0 fully saturated rings. The quantitative estimate of drug-likeness (QED) is 0.113. The molecule has 0 saturated heterocycles. The topological polar surface area (TPSA) is 65.3 Å². The fourth-order valence-corrected chi connectivity index (χ4v) is 5.80. The van der Waals surface area contributed by atoms with E-state index in [1.54, 1.807) is 31.2 Å². The van der Waals surface area contributed by atoms with Crippen molar-refractivity contribution in [2.75, 3.05) is 6.54 Å². The first kappa shape index (κ1) is 29.7. The van der Waals surface area contributed by atoms with E-state index >= 15 is 4.39 Å². The van der Waals surface area contributed by atoms with Crippen LogP contribution in [0.4, 0.5) is 8.78 Å². The number of fused-ring (bicyclic) bond motifs is 1. The van der Waals surface area contributed by atoms with Crippen molar-refractivity contribution >= 4 is 17.0 Å².